The first-order chi connectivity index (χ1) is 9.60. The lowest BCUT2D eigenvalue weighted by molar-refractivity contribution is 0.104. The third-order valence-corrected chi connectivity index (χ3v) is 3.89. The molecule has 0 aliphatic rings. The van der Waals surface area contributed by atoms with Crippen LogP contribution in [-0.4, -0.2) is 12.4 Å². The standard InChI is InChI=1S/C17H18O2S/c1-4-19-15-8-5-14(6-9-15)7-10-17(18)16-11-12(2)20-13(16)3/h5-11H,4H2,1-3H3/b10-7+. The van der Waals surface area contributed by atoms with E-state index in [0.29, 0.717) is 6.61 Å². The number of ether oxygens (including phenoxy) is 1. The number of carbonyl (C=O) groups is 1. The summed E-state index contributed by atoms with van der Waals surface area (Å²) in [6.07, 6.45) is 3.47. The Morgan fingerprint density at radius 1 is 1.25 bits per heavy atom. The number of ketones is 1. The predicted molar refractivity (Wildman–Crippen MR) is 84.8 cm³/mol. The van der Waals surface area contributed by atoms with Gasteiger partial charge in [0.25, 0.3) is 0 Å². The van der Waals surface area contributed by atoms with Gasteiger partial charge in [-0.3, -0.25) is 4.79 Å². The van der Waals surface area contributed by atoms with Crippen molar-refractivity contribution in [2.45, 2.75) is 20.8 Å². The molecule has 0 radical (unpaired) electrons. The minimum atomic E-state index is 0.0562. The molecule has 0 saturated carbocycles. The van der Waals surface area contributed by atoms with Crippen LogP contribution >= 0.6 is 11.3 Å². The first-order valence-electron chi connectivity index (χ1n) is 6.62. The second kappa shape index (κ2) is 6.53. The van der Waals surface area contributed by atoms with Crippen LogP contribution in [0.1, 0.15) is 32.6 Å². The fourth-order valence-corrected chi connectivity index (χ4v) is 2.91. The zero-order valence-corrected chi connectivity index (χ0v) is 12.8. The predicted octanol–water partition coefficient (Wildman–Crippen LogP) is 4.66. The second-order valence-electron chi connectivity index (χ2n) is 4.53. The number of rotatable bonds is 5. The lowest BCUT2D eigenvalue weighted by Crippen LogP contribution is -1.93. The molecule has 0 atom stereocenters. The number of allylic oxidation sites excluding steroid dienone is 1. The van der Waals surface area contributed by atoms with Gasteiger partial charge in [-0.1, -0.05) is 18.2 Å². The van der Waals surface area contributed by atoms with E-state index in [1.165, 1.54) is 4.88 Å². The fourth-order valence-electron chi connectivity index (χ4n) is 1.98. The van der Waals surface area contributed by atoms with Crippen LogP contribution in [0.25, 0.3) is 6.08 Å². The van der Waals surface area contributed by atoms with Crippen molar-refractivity contribution in [2.24, 2.45) is 0 Å². The molecule has 2 aromatic rings. The molecule has 0 aliphatic carbocycles. The van der Waals surface area contributed by atoms with Crippen LogP contribution in [0, 0.1) is 13.8 Å². The molecule has 0 fully saturated rings. The fraction of sp³-hybridized carbons (Fsp3) is 0.235. The molecule has 0 amide bonds. The van der Waals surface area contributed by atoms with Crippen molar-refractivity contribution in [3.63, 3.8) is 0 Å². The Kier molecular flexibility index (Phi) is 4.74. The number of hydrogen-bond acceptors (Lipinski definition) is 3. The molecule has 2 nitrogen and oxygen atoms in total. The Labute approximate surface area is 123 Å². The van der Waals surface area contributed by atoms with Crippen LogP contribution in [0.2, 0.25) is 0 Å². The van der Waals surface area contributed by atoms with Gasteiger partial charge in [0.15, 0.2) is 5.78 Å². The third kappa shape index (κ3) is 3.58. The maximum absolute atomic E-state index is 12.1. The molecule has 1 aromatic heterocycles. The minimum absolute atomic E-state index is 0.0562. The van der Waals surface area contributed by atoms with Crippen molar-refractivity contribution >= 4 is 23.2 Å². The zero-order valence-electron chi connectivity index (χ0n) is 12.0. The lowest BCUT2D eigenvalue weighted by atomic mass is 10.1. The number of hydrogen-bond donors (Lipinski definition) is 0. The van der Waals surface area contributed by atoms with E-state index < -0.39 is 0 Å². The first-order valence-corrected chi connectivity index (χ1v) is 7.44. The zero-order chi connectivity index (χ0) is 14.5. The highest BCUT2D eigenvalue weighted by Gasteiger charge is 2.08. The molecule has 0 bridgehead atoms. The normalized spacial score (nSPS) is 10.9. The summed E-state index contributed by atoms with van der Waals surface area (Å²) >= 11 is 1.66. The maximum Gasteiger partial charge on any atom is 0.186 e. The van der Waals surface area contributed by atoms with Gasteiger partial charge in [0.2, 0.25) is 0 Å². The van der Waals surface area contributed by atoms with Gasteiger partial charge >= 0.3 is 0 Å². The van der Waals surface area contributed by atoms with Crippen LogP contribution in [0.5, 0.6) is 5.75 Å². The minimum Gasteiger partial charge on any atom is -0.494 e. The van der Waals surface area contributed by atoms with Crippen LogP contribution < -0.4 is 4.74 Å². The summed E-state index contributed by atoms with van der Waals surface area (Å²) in [6, 6.07) is 9.66. The van der Waals surface area contributed by atoms with Gasteiger partial charge in [-0.25, -0.2) is 0 Å². The molecule has 104 valence electrons. The van der Waals surface area contributed by atoms with Gasteiger partial charge in [0, 0.05) is 15.3 Å². The smallest absolute Gasteiger partial charge is 0.186 e. The van der Waals surface area contributed by atoms with E-state index in [2.05, 4.69) is 0 Å². The molecule has 1 heterocycles. The maximum atomic E-state index is 12.1. The Morgan fingerprint density at radius 3 is 2.50 bits per heavy atom. The monoisotopic (exact) mass is 286 g/mol. The SMILES string of the molecule is CCOc1ccc(/C=C/C(=O)c2cc(C)sc2C)cc1. The summed E-state index contributed by atoms with van der Waals surface area (Å²) in [4.78, 5) is 14.4. The average molecular weight is 286 g/mol. The van der Waals surface area contributed by atoms with Crippen molar-refractivity contribution < 1.29 is 9.53 Å². The highest BCUT2D eigenvalue weighted by molar-refractivity contribution is 7.12. The van der Waals surface area contributed by atoms with E-state index in [1.54, 1.807) is 17.4 Å². The number of carbonyl (C=O) groups excluding carboxylic acids is 1. The van der Waals surface area contributed by atoms with Gasteiger partial charge in [-0.15, -0.1) is 11.3 Å². The molecule has 3 heteroatoms. The molecule has 0 saturated heterocycles. The molecular formula is C17H18O2S. The van der Waals surface area contributed by atoms with Crippen LogP contribution in [0.3, 0.4) is 0 Å². The average Bonchev–Trinajstić information content (AvgIpc) is 2.77. The summed E-state index contributed by atoms with van der Waals surface area (Å²) < 4.78 is 5.38. The van der Waals surface area contributed by atoms with Gasteiger partial charge in [-0.05, 0) is 50.6 Å². The van der Waals surface area contributed by atoms with Crippen LogP contribution in [0.4, 0.5) is 0 Å². The Balaban J connectivity index is 2.09. The van der Waals surface area contributed by atoms with Crippen LogP contribution in [-0.2, 0) is 0 Å². The van der Waals surface area contributed by atoms with Crippen LogP contribution in [0.15, 0.2) is 36.4 Å². The second-order valence-corrected chi connectivity index (χ2v) is 5.99. The summed E-state index contributed by atoms with van der Waals surface area (Å²) in [7, 11) is 0. The van der Waals surface area contributed by atoms with Crippen molar-refractivity contribution in [3.05, 3.63) is 57.3 Å². The Morgan fingerprint density at radius 2 is 1.95 bits per heavy atom. The quantitative estimate of drug-likeness (QED) is 0.590. The summed E-state index contributed by atoms with van der Waals surface area (Å²) in [5.74, 6) is 0.904. The molecular weight excluding hydrogens is 268 g/mol. The summed E-state index contributed by atoms with van der Waals surface area (Å²) in [5, 5.41) is 0. The molecule has 20 heavy (non-hydrogen) atoms. The van der Waals surface area contributed by atoms with E-state index >= 15 is 0 Å². The summed E-state index contributed by atoms with van der Waals surface area (Å²) in [5.41, 5.74) is 1.79. The highest BCUT2D eigenvalue weighted by atomic mass is 32.1. The Bertz CT molecular complexity index is 621. The molecule has 0 spiro atoms. The topological polar surface area (TPSA) is 26.3 Å². The van der Waals surface area contributed by atoms with E-state index in [1.807, 2.05) is 57.2 Å². The molecule has 0 unspecified atom stereocenters. The van der Waals surface area contributed by atoms with E-state index in [-0.39, 0.29) is 5.78 Å². The summed E-state index contributed by atoms with van der Waals surface area (Å²) in [6.45, 7) is 6.61. The highest BCUT2D eigenvalue weighted by Crippen LogP contribution is 2.21. The van der Waals surface area contributed by atoms with E-state index in [4.69, 9.17) is 4.74 Å². The largest absolute Gasteiger partial charge is 0.494 e. The lowest BCUT2D eigenvalue weighted by Gasteiger charge is -2.02. The number of aryl methyl sites for hydroxylation is 2. The van der Waals surface area contributed by atoms with Crippen molar-refractivity contribution in [1.29, 1.82) is 0 Å². The van der Waals surface area contributed by atoms with E-state index in [0.717, 1.165) is 21.8 Å². The molecule has 0 aliphatic heterocycles. The van der Waals surface area contributed by atoms with Gasteiger partial charge in [0.1, 0.15) is 5.75 Å². The van der Waals surface area contributed by atoms with Crippen molar-refractivity contribution in [3.8, 4) is 5.75 Å². The molecule has 1 aromatic carbocycles. The number of thiophene rings is 1. The molecule has 2 rings (SSSR count). The van der Waals surface area contributed by atoms with E-state index in [9.17, 15) is 4.79 Å². The van der Waals surface area contributed by atoms with Gasteiger partial charge in [-0.2, -0.15) is 0 Å². The van der Waals surface area contributed by atoms with Gasteiger partial charge < -0.3 is 4.74 Å². The molecule has 0 N–H and O–H groups in total. The van der Waals surface area contributed by atoms with Crippen molar-refractivity contribution in [2.75, 3.05) is 6.61 Å². The Hall–Kier alpha value is -1.87. The van der Waals surface area contributed by atoms with Crippen molar-refractivity contribution in [1.82, 2.24) is 0 Å². The third-order valence-electron chi connectivity index (χ3n) is 2.92. The first kappa shape index (κ1) is 14.5. The van der Waals surface area contributed by atoms with Gasteiger partial charge in [0.05, 0.1) is 6.61 Å². The number of benzene rings is 1.